The summed E-state index contributed by atoms with van der Waals surface area (Å²) >= 11 is 1.14. The first-order valence-corrected chi connectivity index (χ1v) is 9.85. The fourth-order valence-electron chi connectivity index (χ4n) is 2.60. The monoisotopic (exact) mass is 429 g/mol. The van der Waals surface area contributed by atoms with Gasteiger partial charge in [-0.1, -0.05) is 6.07 Å². The lowest BCUT2D eigenvalue weighted by Crippen LogP contribution is -2.21. The van der Waals surface area contributed by atoms with Gasteiger partial charge >= 0.3 is 11.9 Å². The maximum Gasteiger partial charge on any atom is 0.341 e. The lowest BCUT2D eigenvalue weighted by Gasteiger charge is -2.09. The van der Waals surface area contributed by atoms with Gasteiger partial charge in [0.25, 0.3) is 5.91 Å². The van der Waals surface area contributed by atoms with Crippen LogP contribution in [-0.2, 0) is 14.3 Å². The first-order chi connectivity index (χ1) is 14.5. The minimum atomic E-state index is -0.669. The number of hydrogen-bond donors (Lipinski definition) is 1. The molecule has 156 valence electrons. The SMILES string of the molecule is CCOC(=O)c1c(-c2ccco2)csc1NC(=O)COC(=O)c1cccc(OC)c1. The van der Waals surface area contributed by atoms with E-state index >= 15 is 0 Å². The van der Waals surface area contributed by atoms with Crippen molar-refractivity contribution >= 4 is 34.2 Å². The molecular formula is C21H19NO7S. The number of hydrogen-bond acceptors (Lipinski definition) is 8. The zero-order valence-corrected chi connectivity index (χ0v) is 17.1. The quantitative estimate of drug-likeness (QED) is 0.540. The Morgan fingerprint density at radius 3 is 2.63 bits per heavy atom. The molecule has 0 aliphatic carbocycles. The Balaban J connectivity index is 1.70. The normalized spacial score (nSPS) is 10.3. The Hall–Kier alpha value is -3.59. The van der Waals surface area contributed by atoms with E-state index in [2.05, 4.69) is 5.32 Å². The van der Waals surface area contributed by atoms with Gasteiger partial charge in [-0.2, -0.15) is 0 Å². The molecule has 1 amide bonds. The molecule has 0 unspecified atom stereocenters. The summed E-state index contributed by atoms with van der Waals surface area (Å²) in [5.41, 5.74) is 0.946. The number of benzene rings is 1. The maximum absolute atomic E-state index is 12.4. The first kappa shape index (κ1) is 21.1. The van der Waals surface area contributed by atoms with E-state index in [1.807, 2.05) is 0 Å². The smallest absolute Gasteiger partial charge is 0.341 e. The van der Waals surface area contributed by atoms with E-state index < -0.39 is 24.5 Å². The Morgan fingerprint density at radius 1 is 1.10 bits per heavy atom. The molecule has 0 radical (unpaired) electrons. The van der Waals surface area contributed by atoms with Gasteiger partial charge in [-0.3, -0.25) is 4.79 Å². The summed E-state index contributed by atoms with van der Waals surface area (Å²) < 4.78 is 20.6. The average Bonchev–Trinajstić information content (AvgIpc) is 3.42. The number of carbonyl (C=O) groups is 3. The van der Waals surface area contributed by atoms with Crippen LogP contribution in [0.1, 0.15) is 27.6 Å². The Morgan fingerprint density at radius 2 is 1.93 bits per heavy atom. The van der Waals surface area contributed by atoms with E-state index in [4.69, 9.17) is 18.6 Å². The van der Waals surface area contributed by atoms with Crippen LogP contribution in [0.4, 0.5) is 5.00 Å². The molecule has 8 nitrogen and oxygen atoms in total. The Labute approximate surface area is 176 Å². The minimum absolute atomic E-state index is 0.178. The van der Waals surface area contributed by atoms with E-state index in [0.29, 0.717) is 17.1 Å². The standard InChI is InChI=1S/C21H19NO7S/c1-3-27-21(25)18-15(16-8-5-9-28-16)12-30-19(18)22-17(23)11-29-20(24)13-6-4-7-14(10-13)26-2/h4-10,12H,3,11H2,1-2H3,(H,22,23). The second kappa shape index (κ2) is 9.75. The van der Waals surface area contributed by atoms with E-state index in [9.17, 15) is 14.4 Å². The predicted octanol–water partition coefficient (Wildman–Crippen LogP) is 3.99. The highest BCUT2D eigenvalue weighted by molar-refractivity contribution is 7.15. The number of furan rings is 1. The van der Waals surface area contributed by atoms with Crippen LogP contribution < -0.4 is 10.1 Å². The number of amides is 1. The van der Waals surface area contributed by atoms with Crippen molar-refractivity contribution in [1.29, 1.82) is 0 Å². The highest BCUT2D eigenvalue weighted by Crippen LogP contribution is 2.36. The molecule has 0 saturated carbocycles. The minimum Gasteiger partial charge on any atom is -0.497 e. The van der Waals surface area contributed by atoms with Crippen molar-refractivity contribution in [3.8, 4) is 17.1 Å². The summed E-state index contributed by atoms with van der Waals surface area (Å²) in [6.07, 6.45) is 1.48. The number of carbonyl (C=O) groups excluding carboxylic acids is 3. The van der Waals surface area contributed by atoms with E-state index in [-0.39, 0.29) is 22.7 Å². The number of nitrogens with one attached hydrogen (secondary N) is 1. The van der Waals surface area contributed by atoms with Gasteiger partial charge in [0.2, 0.25) is 0 Å². The number of anilines is 1. The van der Waals surface area contributed by atoms with Crippen molar-refractivity contribution in [2.24, 2.45) is 0 Å². The first-order valence-electron chi connectivity index (χ1n) is 8.97. The molecule has 0 saturated heterocycles. The fraction of sp³-hybridized carbons (Fsp3) is 0.190. The summed E-state index contributed by atoms with van der Waals surface area (Å²) in [6, 6.07) is 9.78. The molecule has 3 aromatic rings. The highest BCUT2D eigenvalue weighted by Gasteiger charge is 2.24. The third-order valence-corrected chi connectivity index (χ3v) is 4.85. The van der Waals surface area contributed by atoms with Gasteiger partial charge in [-0.25, -0.2) is 9.59 Å². The molecule has 1 N–H and O–H groups in total. The molecule has 1 aromatic carbocycles. The van der Waals surface area contributed by atoms with Crippen molar-refractivity contribution < 1.29 is 33.0 Å². The summed E-state index contributed by atoms with van der Waals surface area (Å²) in [6.45, 7) is 1.34. The van der Waals surface area contributed by atoms with Crippen LogP contribution in [0, 0.1) is 0 Å². The number of ether oxygens (including phenoxy) is 3. The molecule has 9 heteroatoms. The Kier molecular flexibility index (Phi) is 6.87. The molecule has 0 aliphatic rings. The Bertz CT molecular complexity index is 1040. The van der Waals surface area contributed by atoms with E-state index in [0.717, 1.165) is 11.3 Å². The van der Waals surface area contributed by atoms with Crippen LogP contribution in [0.15, 0.2) is 52.5 Å². The van der Waals surface area contributed by atoms with Crippen LogP contribution >= 0.6 is 11.3 Å². The predicted molar refractivity (Wildman–Crippen MR) is 110 cm³/mol. The van der Waals surface area contributed by atoms with Gasteiger partial charge in [-0.05, 0) is 37.3 Å². The molecule has 2 heterocycles. The number of methoxy groups -OCH3 is 1. The number of thiophene rings is 1. The molecule has 0 atom stereocenters. The van der Waals surface area contributed by atoms with Gasteiger partial charge < -0.3 is 23.9 Å². The maximum atomic E-state index is 12.4. The molecule has 0 bridgehead atoms. The van der Waals surface area contributed by atoms with Gasteiger partial charge in [-0.15, -0.1) is 11.3 Å². The van der Waals surface area contributed by atoms with Crippen molar-refractivity contribution in [2.45, 2.75) is 6.92 Å². The molecular weight excluding hydrogens is 410 g/mol. The van der Waals surface area contributed by atoms with Crippen LogP contribution in [-0.4, -0.2) is 38.2 Å². The van der Waals surface area contributed by atoms with Crippen LogP contribution in [0.2, 0.25) is 0 Å². The van der Waals surface area contributed by atoms with Crippen molar-refractivity contribution in [1.82, 2.24) is 0 Å². The van der Waals surface area contributed by atoms with E-state index in [1.54, 1.807) is 42.6 Å². The van der Waals surface area contributed by atoms with Crippen LogP contribution in [0.25, 0.3) is 11.3 Å². The van der Waals surface area contributed by atoms with E-state index in [1.165, 1.54) is 19.4 Å². The third-order valence-electron chi connectivity index (χ3n) is 3.95. The molecule has 30 heavy (non-hydrogen) atoms. The molecule has 0 spiro atoms. The highest BCUT2D eigenvalue weighted by atomic mass is 32.1. The molecule has 0 aliphatic heterocycles. The second-order valence-corrected chi connectivity index (χ2v) is 6.79. The fourth-order valence-corrected chi connectivity index (χ4v) is 3.55. The van der Waals surface area contributed by atoms with Gasteiger partial charge in [0.15, 0.2) is 6.61 Å². The zero-order valence-electron chi connectivity index (χ0n) is 16.3. The van der Waals surface area contributed by atoms with Crippen molar-refractivity contribution in [3.05, 3.63) is 59.2 Å². The van der Waals surface area contributed by atoms with Gasteiger partial charge in [0, 0.05) is 10.9 Å². The number of rotatable bonds is 8. The van der Waals surface area contributed by atoms with Crippen molar-refractivity contribution in [2.75, 3.05) is 25.6 Å². The summed E-state index contributed by atoms with van der Waals surface area (Å²) in [5.74, 6) is -0.883. The average molecular weight is 429 g/mol. The molecule has 3 rings (SSSR count). The topological polar surface area (TPSA) is 104 Å². The molecule has 0 fully saturated rings. The zero-order chi connectivity index (χ0) is 21.5. The van der Waals surface area contributed by atoms with Crippen LogP contribution in [0.5, 0.6) is 5.75 Å². The van der Waals surface area contributed by atoms with Crippen molar-refractivity contribution in [3.63, 3.8) is 0 Å². The lowest BCUT2D eigenvalue weighted by molar-refractivity contribution is -0.119. The summed E-state index contributed by atoms with van der Waals surface area (Å²) in [7, 11) is 1.48. The number of esters is 2. The third kappa shape index (κ3) is 4.87. The second-order valence-electron chi connectivity index (χ2n) is 5.91. The van der Waals surface area contributed by atoms with Gasteiger partial charge in [0.1, 0.15) is 22.1 Å². The van der Waals surface area contributed by atoms with Crippen LogP contribution in [0.3, 0.4) is 0 Å². The summed E-state index contributed by atoms with van der Waals surface area (Å²) in [5, 5.41) is 4.56. The summed E-state index contributed by atoms with van der Waals surface area (Å²) in [4.78, 5) is 36.9. The molecule has 2 aromatic heterocycles. The lowest BCUT2D eigenvalue weighted by atomic mass is 10.1. The largest absolute Gasteiger partial charge is 0.497 e. The van der Waals surface area contributed by atoms with Gasteiger partial charge in [0.05, 0.1) is 25.5 Å².